The van der Waals surface area contributed by atoms with E-state index < -0.39 is 21.3 Å². The average Bonchev–Trinajstić information content (AvgIpc) is 3.40. The minimum atomic E-state index is -2.26. The van der Waals surface area contributed by atoms with Gasteiger partial charge in [-0.3, -0.25) is 0 Å². The molecule has 1 unspecified atom stereocenters. The average molecular weight is 597 g/mol. The third-order valence-electron chi connectivity index (χ3n) is 8.00. The molecule has 0 nitrogen and oxygen atoms in total. The number of benzene rings is 2. The van der Waals surface area contributed by atoms with Gasteiger partial charge >= 0.3 is 215 Å². The third-order valence-corrected chi connectivity index (χ3v) is 16.3. The Hall–Kier alpha value is -1.27. The molecule has 0 spiro atoms. The second-order valence-corrected chi connectivity index (χ2v) is 17.7. The molecular weight excluding hydrogens is 558 g/mol. The van der Waals surface area contributed by atoms with Gasteiger partial charge in [-0.05, 0) is 0 Å². The zero-order chi connectivity index (χ0) is 24.0. The van der Waals surface area contributed by atoms with E-state index in [0.29, 0.717) is 5.92 Å². The Kier molecular flexibility index (Phi) is 9.47. The summed E-state index contributed by atoms with van der Waals surface area (Å²) in [6, 6.07) is 11.8. The molecule has 0 aliphatic heterocycles. The molecule has 36 heavy (non-hydrogen) atoms. The standard InChI is InChI=1S/C17H13.C10H15.C6H10.2ClH.Zr/c1-3-12-5-7-14-11-15-8-6-13(4-2)10-17(15)16(14)9-12;1-8-5-6-9(7-8)10(2,3)4;1-2-4-6-5-3-1;;;/h3-7,9-10H,1-2,11H2;6-8H,1-4H3;1-5H2;2*1H;/q;;;;;+2/p-2. The number of allylic oxidation sites excluding steroid dienone is 4. The zero-order valence-corrected chi connectivity index (χ0v) is 26.2. The Morgan fingerprint density at radius 1 is 0.889 bits per heavy atom. The van der Waals surface area contributed by atoms with E-state index in [1.54, 1.807) is 17.7 Å². The molecule has 188 valence electrons. The first-order chi connectivity index (χ1) is 16.3. The summed E-state index contributed by atoms with van der Waals surface area (Å²) in [6.07, 6.45) is 17.2. The quantitative estimate of drug-likeness (QED) is 0.434. The first-order valence-corrected chi connectivity index (χ1v) is 16.7. The summed E-state index contributed by atoms with van der Waals surface area (Å²) in [5.74, 6) is 0.567. The molecule has 0 bridgehead atoms. The second-order valence-electron chi connectivity index (χ2n) is 11.4. The number of hydrogen-bond donors (Lipinski definition) is 0. The van der Waals surface area contributed by atoms with Crippen LogP contribution in [0.5, 0.6) is 0 Å². The molecule has 5 rings (SSSR count). The molecule has 0 N–H and O–H groups in total. The molecule has 2 aromatic carbocycles. The fourth-order valence-electron chi connectivity index (χ4n) is 6.03. The van der Waals surface area contributed by atoms with Crippen LogP contribution in [0, 0.1) is 11.3 Å². The Labute approximate surface area is 238 Å². The fourth-order valence-corrected chi connectivity index (χ4v) is 15.0. The normalized spacial score (nSPS) is 18.0. The minimum Gasteiger partial charge on any atom is -1.00 e. The van der Waals surface area contributed by atoms with Crippen molar-refractivity contribution in [3.8, 4) is 11.1 Å². The summed E-state index contributed by atoms with van der Waals surface area (Å²) in [4.78, 5) is 0. The summed E-state index contributed by atoms with van der Waals surface area (Å²) >= 11 is -2.26. The van der Waals surface area contributed by atoms with Gasteiger partial charge in [-0.25, -0.2) is 0 Å². The van der Waals surface area contributed by atoms with Crippen molar-refractivity contribution >= 4 is 18.6 Å². The van der Waals surface area contributed by atoms with Crippen LogP contribution in [0.25, 0.3) is 23.3 Å². The summed E-state index contributed by atoms with van der Waals surface area (Å²) in [6.45, 7) is 17.8. The summed E-state index contributed by atoms with van der Waals surface area (Å²) in [5, 5.41) is 0. The number of fused-ring (bicyclic) bond motifs is 3. The molecule has 0 aromatic heterocycles. The van der Waals surface area contributed by atoms with Crippen molar-refractivity contribution in [2.75, 3.05) is 0 Å². The van der Waals surface area contributed by atoms with Gasteiger partial charge in [0.05, 0.1) is 0 Å². The Morgan fingerprint density at radius 2 is 1.56 bits per heavy atom. The van der Waals surface area contributed by atoms with E-state index in [1.165, 1.54) is 59.9 Å². The van der Waals surface area contributed by atoms with Crippen molar-refractivity contribution in [1.29, 1.82) is 0 Å². The number of halogens is 2. The van der Waals surface area contributed by atoms with E-state index in [9.17, 15) is 0 Å². The summed E-state index contributed by atoms with van der Waals surface area (Å²) in [7, 11) is 0. The molecule has 0 saturated heterocycles. The van der Waals surface area contributed by atoms with Gasteiger partial charge in [-0.1, -0.05) is 0 Å². The Bertz CT molecular complexity index is 1280. The van der Waals surface area contributed by atoms with Gasteiger partial charge < -0.3 is 24.8 Å². The summed E-state index contributed by atoms with van der Waals surface area (Å²) < 4.78 is 5.47. The van der Waals surface area contributed by atoms with Gasteiger partial charge in [0.25, 0.3) is 0 Å². The van der Waals surface area contributed by atoms with Crippen LogP contribution in [-0.4, -0.2) is 3.21 Å². The largest absolute Gasteiger partial charge is 1.00 e. The van der Waals surface area contributed by atoms with Crippen molar-refractivity contribution < 1.29 is 46.1 Å². The van der Waals surface area contributed by atoms with E-state index in [-0.39, 0.29) is 30.2 Å². The predicted molar refractivity (Wildman–Crippen MR) is 147 cm³/mol. The van der Waals surface area contributed by atoms with Crippen molar-refractivity contribution in [3.63, 3.8) is 0 Å². The molecule has 1 atom stereocenters. The van der Waals surface area contributed by atoms with Crippen LogP contribution in [0.15, 0.2) is 64.5 Å². The molecule has 0 radical (unpaired) electrons. The van der Waals surface area contributed by atoms with Crippen LogP contribution in [0.2, 0.25) is 0 Å². The maximum Gasteiger partial charge on any atom is -1.00 e. The van der Waals surface area contributed by atoms with Gasteiger partial charge in [0.2, 0.25) is 0 Å². The van der Waals surface area contributed by atoms with Crippen LogP contribution in [-0.2, 0) is 27.7 Å². The second kappa shape index (κ2) is 11.6. The van der Waals surface area contributed by atoms with Gasteiger partial charge in [-0.15, -0.1) is 0 Å². The van der Waals surface area contributed by atoms with E-state index in [2.05, 4.69) is 89.4 Å². The predicted octanol–water partition coefficient (Wildman–Crippen LogP) is 2.44. The van der Waals surface area contributed by atoms with Gasteiger partial charge in [0.1, 0.15) is 0 Å². The van der Waals surface area contributed by atoms with Crippen LogP contribution in [0.4, 0.5) is 0 Å². The van der Waals surface area contributed by atoms with Crippen LogP contribution < -0.4 is 28.1 Å². The maximum absolute atomic E-state index is 4.19. The smallest absolute Gasteiger partial charge is 1.00 e. The van der Waals surface area contributed by atoms with Gasteiger partial charge in [0.15, 0.2) is 0 Å². The van der Waals surface area contributed by atoms with Crippen molar-refractivity contribution in [2.24, 2.45) is 11.3 Å². The number of rotatable bonds is 4. The molecule has 1 saturated carbocycles. The molecule has 3 aliphatic rings. The van der Waals surface area contributed by atoms with E-state index in [4.69, 9.17) is 0 Å². The topological polar surface area (TPSA) is 0 Å². The monoisotopic (exact) mass is 594 g/mol. The van der Waals surface area contributed by atoms with Crippen molar-refractivity contribution in [3.05, 3.63) is 86.7 Å². The summed E-state index contributed by atoms with van der Waals surface area (Å²) in [5.41, 5.74) is 10.2. The van der Waals surface area contributed by atoms with E-state index >= 15 is 0 Å². The van der Waals surface area contributed by atoms with Gasteiger partial charge in [0, 0.05) is 0 Å². The van der Waals surface area contributed by atoms with Crippen LogP contribution >= 0.6 is 0 Å². The zero-order valence-electron chi connectivity index (χ0n) is 22.2. The minimum absolute atomic E-state index is 0. The molecule has 0 amide bonds. The molecule has 3 heteroatoms. The molecule has 2 aromatic rings. The molecule has 3 aliphatic carbocycles. The first kappa shape index (κ1) is 29.3. The molecule has 1 fully saturated rings. The Morgan fingerprint density at radius 3 is 2.17 bits per heavy atom. The maximum atomic E-state index is 4.19. The molecule has 0 heterocycles. The number of hydrogen-bond acceptors (Lipinski definition) is 0. The van der Waals surface area contributed by atoms with Crippen molar-refractivity contribution in [1.82, 2.24) is 0 Å². The van der Waals surface area contributed by atoms with E-state index in [0.717, 1.165) is 6.42 Å². The first-order valence-electron chi connectivity index (χ1n) is 13.0. The Balaban J connectivity index is 0.00000180. The van der Waals surface area contributed by atoms with E-state index in [1.807, 2.05) is 9.28 Å². The third kappa shape index (κ3) is 5.46. The molecular formula is C33H38Cl2Zr. The van der Waals surface area contributed by atoms with Crippen molar-refractivity contribution in [2.45, 2.75) is 66.2 Å². The van der Waals surface area contributed by atoms with Gasteiger partial charge in [-0.2, -0.15) is 0 Å². The fraction of sp³-hybridized carbons (Fsp3) is 0.364. The van der Waals surface area contributed by atoms with Crippen LogP contribution in [0.3, 0.4) is 0 Å². The SMILES string of the molecule is C=Cc1ccc2c(c1)-c1cc(C=C)c[c]([Zr+2]([C]3=CC(C(C)(C)C)=CC3C)=[C]3CCCCC3)c1C2.[Cl-].[Cl-]. The van der Waals surface area contributed by atoms with Crippen LogP contribution in [0.1, 0.15) is 82.1 Å².